The third-order valence-corrected chi connectivity index (χ3v) is 9.35. The first-order chi connectivity index (χ1) is 26.4. The molecule has 1 aliphatic heterocycles. The highest BCUT2D eigenvalue weighted by Gasteiger charge is 2.28. The molecule has 8 nitrogen and oxygen atoms in total. The fourth-order valence-electron chi connectivity index (χ4n) is 6.40. The average molecular weight is 741 g/mol. The summed E-state index contributed by atoms with van der Waals surface area (Å²) in [4.78, 5) is 16.4. The van der Waals surface area contributed by atoms with Crippen molar-refractivity contribution in [3.05, 3.63) is 132 Å². The van der Waals surface area contributed by atoms with Crippen LogP contribution in [0.5, 0.6) is 5.75 Å². The molecule has 3 atom stereocenters. The van der Waals surface area contributed by atoms with Crippen LogP contribution in [-0.2, 0) is 38.4 Å². The summed E-state index contributed by atoms with van der Waals surface area (Å²) in [5, 5.41) is 3.33. The van der Waals surface area contributed by atoms with Crippen LogP contribution in [0.3, 0.4) is 0 Å². The number of hydrogen-bond acceptors (Lipinski definition) is 7. The molecule has 0 aliphatic carbocycles. The molecule has 1 N–H and O–H groups in total. The predicted octanol–water partition coefficient (Wildman–Crippen LogP) is 9.49. The quantitative estimate of drug-likeness (QED) is 0.0590. The number of methoxy groups -OCH3 is 1. The number of nitrogens with one attached hydrogen (secondary N) is 1. The van der Waals surface area contributed by atoms with Crippen LogP contribution in [0.15, 0.2) is 110 Å². The minimum atomic E-state index is -0.294. The van der Waals surface area contributed by atoms with Gasteiger partial charge in [0.15, 0.2) is 0 Å². The highest BCUT2D eigenvalue weighted by atomic mass is 16.6. The summed E-state index contributed by atoms with van der Waals surface area (Å²) in [6.45, 7) is 20.2. The van der Waals surface area contributed by atoms with Gasteiger partial charge in [-0.3, -0.25) is 4.79 Å². The number of carbonyl (C=O) groups is 1. The van der Waals surface area contributed by atoms with Crippen LogP contribution in [0, 0.1) is 5.92 Å². The lowest BCUT2D eigenvalue weighted by atomic mass is 9.91. The molecule has 4 rings (SSSR count). The van der Waals surface area contributed by atoms with Gasteiger partial charge in [0.1, 0.15) is 30.8 Å². The van der Waals surface area contributed by atoms with E-state index < -0.39 is 0 Å². The second-order valence-corrected chi connectivity index (χ2v) is 13.2. The normalized spacial score (nSPS) is 14.9. The third-order valence-electron chi connectivity index (χ3n) is 9.35. The van der Waals surface area contributed by atoms with Gasteiger partial charge in [0.25, 0.3) is 5.91 Å². The molecule has 1 heterocycles. The van der Waals surface area contributed by atoms with E-state index in [1.807, 2.05) is 74.5 Å². The minimum Gasteiger partial charge on any atom is -0.504 e. The monoisotopic (exact) mass is 740 g/mol. The number of carbonyl (C=O) groups excluding carboxylic acids is 1. The van der Waals surface area contributed by atoms with Gasteiger partial charge in [-0.15, -0.1) is 6.58 Å². The predicted molar refractivity (Wildman–Crippen MR) is 221 cm³/mol. The Morgan fingerprint density at radius 1 is 1.00 bits per heavy atom. The lowest BCUT2D eigenvalue weighted by Gasteiger charge is -2.32. The largest absolute Gasteiger partial charge is 0.504 e. The maximum absolute atomic E-state index is 14.1. The minimum absolute atomic E-state index is 0.145. The molecular weight excluding hydrogens is 677 g/mol. The molecule has 0 spiro atoms. The first-order valence-corrected chi connectivity index (χ1v) is 19.7. The van der Waals surface area contributed by atoms with Crippen LogP contribution in [0.4, 0.5) is 5.69 Å². The molecule has 1 aliphatic rings. The highest BCUT2D eigenvalue weighted by molar-refractivity contribution is 5.95. The molecule has 3 unspecified atom stereocenters. The number of benzene rings is 3. The van der Waals surface area contributed by atoms with Crippen LogP contribution in [-0.4, -0.2) is 64.7 Å². The van der Waals surface area contributed by atoms with Crippen molar-refractivity contribution in [2.45, 2.75) is 85.0 Å². The zero-order valence-corrected chi connectivity index (χ0v) is 33.4. The van der Waals surface area contributed by atoms with Crippen molar-refractivity contribution in [2.75, 3.05) is 51.5 Å². The zero-order valence-electron chi connectivity index (χ0n) is 33.4. The molecule has 1 fully saturated rings. The highest BCUT2D eigenvalue weighted by Crippen LogP contribution is 2.29. The van der Waals surface area contributed by atoms with Crippen LogP contribution < -0.4 is 15.0 Å². The Bertz CT molecular complexity index is 1530. The fraction of sp³-hybridized carbons (Fsp3) is 0.457. The van der Waals surface area contributed by atoms with E-state index in [1.165, 1.54) is 5.56 Å². The van der Waals surface area contributed by atoms with Crippen molar-refractivity contribution in [1.82, 2.24) is 5.32 Å². The lowest BCUT2D eigenvalue weighted by Crippen LogP contribution is -2.50. The molecule has 3 aromatic carbocycles. The lowest BCUT2D eigenvalue weighted by molar-refractivity contribution is -0.1000. The topological polar surface area (TPSA) is 78.5 Å². The van der Waals surface area contributed by atoms with Gasteiger partial charge >= 0.3 is 0 Å². The summed E-state index contributed by atoms with van der Waals surface area (Å²) in [5.41, 5.74) is 5.07. The number of amides is 1. The van der Waals surface area contributed by atoms with Crippen LogP contribution >= 0.6 is 0 Å². The molecule has 3 aromatic rings. The molecule has 8 heteroatoms. The molecule has 0 saturated carbocycles. The summed E-state index contributed by atoms with van der Waals surface area (Å²) >= 11 is 0. The van der Waals surface area contributed by atoms with Crippen LogP contribution in [0.2, 0.25) is 0 Å². The average Bonchev–Trinajstić information content (AvgIpc) is 3.22. The van der Waals surface area contributed by atoms with Gasteiger partial charge in [-0.25, -0.2) is 0 Å². The van der Waals surface area contributed by atoms with Gasteiger partial charge in [-0.05, 0) is 66.1 Å². The first-order valence-electron chi connectivity index (χ1n) is 19.7. The van der Waals surface area contributed by atoms with E-state index in [2.05, 4.69) is 55.4 Å². The van der Waals surface area contributed by atoms with Crippen molar-refractivity contribution >= 4 is 11.6 Å². The van der Waals surface area contributed by atoms with Crippen molar-refractivity contribution < 1.29 is 28.5 Å². The maximum atomic E-state index is 14.1. The smallest absolute Gasteiger partial charge is 0.251 e. The Hall–Kier alpha value is -4.53. The molecule has 294 valence electrons. The molecule has 1 saturated heterocycles. The molecule has 1 amide bonds. The van der Waals surface area contributed by atoms with Crippen molar-refractivity contribution in [3.63, 3.8) is 0 Å². The van der Waals surface area contributed by atoms with Gasteiger partial charge in [-0.2, -0.15) is 0 Å². The summed E-state index contributed by atoms with van der Waals surface area (Å²) in [5.74, 6) is 1.74. The summed E-state index contributed by atoms with van der Waals surface area (Å²) in [6, 6.07) is 24.0. The first kappa shape index (κ1) is 43.9. The van der Waals surface area contributed by atoms with Gasteiger partial charge in [0.2, 0.25) is 0 Å². The van der Waals surface area contributed by atoms with Gasteiger partial charge in [0, 0.05) is 23.9 Å². The summed E-state index contributed by atoms with van der Waals surface area (Å²) < 4.78 is 28.9. The Balaban J connectivity index is 0.00000385. The van der Waals surface area contributed by atoms with Crippen LogP contribution in [0.25, 0.3) is 0 Å². The number of anilines is 1. The second-order valence-electron chi connectivity index (χ2n) is 13.2. The van der Waals surface area contributed by atoms with E-state index in [4.69, 9.17) is 23.7 Å². The van der Waals surface area contributed by atoms with E-state index in [0.29, 0.717) is 63.2 Å². The van der Waals surface area contributed by atoms with Crippen LogP contribution in [0.1, 0.15) is 80.4 Å². The zero-order chi connectivity index (χ0) is 39.0. The van der Waals surface area contributed by atoms with Crippen molar-refractivity contribution in [2.24, 2.45) is 5.92 Å². The van der Waals surface area contributed by atoms with Crippen molar-refractivity contribution in [3.8, 4) is 5.75 Å². The van der Waals surface area contributed by atoms with Gasteiger partial charge in [-0.1, -0.05) is 108 Å². The SMILES string of the molecule is C=CCCN(CCOC(=C)/C=C/OC)c1cc(C(=O)NC(Cc2ccc(OCc3ccccc3)cc2)C2COCCO2)ccc1CC(CC)CCC.CC. The third kappa shape index (κ3) is 15.1. The number of allylic oxidation sites excluding steroid dienone is 1. The standard InChI is InChI=1S/C44H58N2O6.C2H6/c1-6-9-23-46(24-26-50-34(4)22-25-48-5)42-31-39(19-18-38(42)29-35(8-3)13-7-2)44(47)45-41(43-33-49-27-28-51-43)30-36-16-20-40(21-17-36)52-32-37-14-11-10-12-15-37;1-2/h6,10-12,14-22,25,31,35,41,43H,1,4,7-9,13,23-24,26-30,32-33H2,2-3,5H3,(H,45,47);1-2H3/b25-22+;. The van der Waals surface area contributed by atoms with E-state index in [9.17, 15) is 4.79 Å². The number of hydrogen-bond donors (Lipinski definition) is 1. The fourth-order valence-corrected chi connectivity index (χ4v) is 6.40. The molecule has 0 bridgehead atoms. The number of ether oxygens (including phenoxy) is 5. The van der Waals surface area contributed by atoms with E-state index in [1.54, 1.807) is 19.4 Å². The Morgan fingerprint density at radius 2 is 1.78 bits per heavy atom. The van der Waals surface area contributed by atoms with E-state index in [-0.39, 0.29) is 18.1 Å². The Morgan fingerprint density at radius 3 is 2.44 bits per heavy atom. The second kappa shape index (κ2) is 25.5. The Kier molecular flexibility index (Phi) is 20.7. The van der Waals surface area contributed by atoms with E-state index in [0.717, 1.165) is 61.2 Å². The number of nitrogens with zero attached hydrogens (tertiary/aromatic N) is 1. The van der Waals surface area contributed by atoms with Crippen molar-refractivity contribution in [1.29, 1.82) is 0 Å². The molecule has 54 heavy (non-hydrogen) atoms. The van der Waals surface area contributed by atoms with Gasteiger partial charge in [0.05, 0.1) is 45.8 Å². The summed E-state index contributed by atoms with van der Waals surface area (Å²) in [6.07, 6.45) is 10.6. The van der Waals surface area contributed by atoms with Gasteiger partial charge < -0.3 is 33.9 Å². The molecule has 0 aromatic heterocycles. The summed E-state index contributed by atoms with van der Waals surface area (Å²) in [7, 11) is 1.59. The number of rotatable bonds is 23. The molecule has 0 radical (unpaired) electrons. The Labute approximate surface area is 325 Å². The van der Waals surface area contributed by atoms with E-state index >= 15 is 0 Å². The maximum Gasteiger partial charge on any atom is 0.251 e. The molecular formula is C46H64N2O6.